The maximum Gasteiger partial charge on any atom is 0.123 e. The number of hydrogen-bond donors (Lipinski definition) is 1. The monoisotopic (exact) mass is 450 g/mol. The molecule has 2 aromatic rings. The lowest BCUT2D eigenvalue weighted by molar-refractivity contribution is 0.178. The second-order valence-corrected chi connectivity index (χ2v) is 6.69. The van der Waals surface area contributed by atoms with Crippen LogP contribution in [0.3, 0.4) is 0 Å². The summed E-state index contributed by atoms with van der Waals surface area (Å²) in [6.45, 7) is 0. The van der Waals surface area contributed by atoms with E-state index in [0.717, 1.165) is 24.5 Å². The molecule has 1 N–H and O–H groups in total. The molecule has 2 rings (SSSR count). The predicted octanol–water partition coefficient (Wildman–Crippen LogP) is 5.39. The van der Waals surface area contributed by atoms with E-state index in [0.29, 0.717) is 6.42 Å². The summed E-state index contributed by atoms with van der Waals surface area (Å²) in [5.74, 6) is -0.303. The van der Waals surface area contributed by atoms with Crippen LogP contribution in [0.1, 0.15) is 17.2 Å². The van der Waals surface area contributed by atoms with Gasteiger partial charge in [-0.05, 0) is 73.3 Å². The highest BCUT2D eigenvalue weighted by molar-refractivity contribution is 9.13. The van der Waals surface area contributed by atoms with Crippen molar-refractivity contribution in [2.24, 2.45) is 0 Å². The van der Waals surface area contributed by atoms with E-state index in [4.69, 9.17) is 0 Å². The molecule has 19 heavy (non-hydrogen) atoms. The Balaban J connectivity index is 2.22. The van der Waals surface area contributed by atoms with Crippen LogP contribution in [-0.2, 0) is 6.42 Å². The van der Waals surface area contributed by atoms with Crippen LogP contribution in [0.5, 0.6) is 0 Å². The number of rotatable bonds is 3. The fourth-order valence-corrected chi connectivity index (χ4v) is 2.80. The average Bonchev–Trinajstić information content (AvgIpc) is 2.37. The van der Waals surface area contributed by atoms with Gasteiger partial charge in [0.25, 0.3) is 0 Å². The fraction of sp³-hybridized carbons (Fsp3) is 0.143. The molecule has 0 aliphatic heterocycles. The lowest BCUT2D eigenvalue weighted by atomic mass is 10.0. The lowest BCUT2D eigenvalue weighted by Crippen LogP contribution is -2.03. The van der Waals surface area contributed by atoms with Crippen molar-refractivity contribution in [3.63, 3.8) is 0 Å². The summed E-state index contributed by atoms with van der Waals surface area (Å²) >= 11 is 10.1. The predicted molar refractivity (Wildman–Crippen MR) is 84.6 cm³/mol. The zero-order valence-corrected chi connectivity index (χ0v) is 14.5. The molecule has 1 unspecified atom stereocenters. The highest BCUT2D eigenvalue weighted by atomic mass is 79.9. The summed E-state index contributed by atoms with van der Waals surface area (Å²) in [6.07, 6.45) is -0.325. The number of hydrogen-bond acceptors (Lipinski definition) is 1. The van der Waals surface area contributed by atoms with Crippen LogP contribution in [-0.4, -0.2) is 5.11 Å². The van der Waals surface area contributed by atoms with Crippen molar-refractivity contribution >= 4 is 47.8 Å². The smallest absolute Gasteiger partial charge is 0.123 e. The normalized spacial score (nSPS) is 12.5. The Hall–Kier alpha value is -0.230. The molecule has 0 amide bonds. The molecular formula is C14H10Br3FO. The Labute approximate surface area is 136 Å². The molecule has 0 spiro atoms. The van der Waals surface area contributed by atoms with Crippen LogP contribution in [0.15, 0.2) is 49.8 Å². The van der Waals surface area contributed by atoms with Crippen molar-refractivity contribution in [1.82, 2.24) is 0 Å². The van der Waals surface area contributed by atoms with E-state index in [1.165, 1.54) is 12.1 Å². The van der Waals surface area contributed by atoms with Crippen molar-refractivity contribution in [1.29, 1.82) is 0 Å². The molecule has 0 aromatic heterocycles. The molecule has 0 aliphatic carbocycles. The summed E-state index contributed by atoms with van der Waals surface area (Å²) < 4.78 is 15.8. The SMILES string of the molecule is OC(Cc1cc(F)ccc1Br)c1ccc(Br)c(Br)c1. The van der Waals surface area contributed by atoms with Crippen LogP contribution >= 0.6 is 47.8 Å². The van der Waals surface area contributed by atoms with Gasteiger partial charge in [-0.15, -0.1) is 0 Å². The van der Waals surface area contributed by atoms with Crippen LogP contribution in [0.4, 0.5) is 4.39 Å². The van der Waals surface area contributed by atoms with Gasteiger partial charge < -0.3 is 5.11 Å². The maximum absolute atomic E-state index is 13.2. The largest absolute Gasteiger partial charge is 0.388 e. The van der Waals surface area contributed by atoms with E-state index >= 15 is 0 Å². The van der Waals surface area contributed by atoms with E-state index in [1.807, 2.05) is 18.2 Å². The molecule has 0 aliphatic rings. The van der Waals surface area contributed by atoms with Gasteiger partial charge in [-0.25, -0.2) is 4.39 Å². The zero-order valence-electron chi connectivity index (χ0n) is 9.71. The number of benzene rings is 2. The van der Waals surface area contributed by atoms with Crippen LogP contribution < -0.4 is 0 Å². The summed E-state index contributed by atoms with van der Waals surface area (Å²) in [6, 6.07) is 10.0. The Morgan fingerprint density at radius 3 is 2.32 bits per heavy atom. The summed E-state index contributed by atoms with van der Waals surface area (Å²) in [7, 11) is 0. The highest BCUT2D eigenvalue weighted by Crippen LogP contribution is 2.29. The van der Waals surface area contributed by atoms with Gasteiger partial charge in [0.1, 0.15) is 5.82 Å². The third-order valence-electron chi connectivity index (χ3n) is 2.75. The van der Waals surface area contributed by atoms with Gasteiger partial charge >= 0.3 is 0 Å². The van der Waals surface area contributed by atoms with E-state index < -0.39 is 6.10 Å². The highest BCUT2D eigenvalue weighted by Gasteiger charge is 2.12. The maximum atomic E-state index is 13.2. The molecule has 5 heteroatoms. The molecule has 0 radical (unpaired) electrons. The second-order valence-electron chi connectivity index (χ2n) is 4.13. The minimum absolute atomic E-state index is 0.303. The topological polar surface area (TPSA) is 20.2 Å². The molecule has 0 saturated carbocycles. The fourth-order valence-electron chi connectivity index (χ4n) is 1.75. The van der Waals surface area contributed by atoms with Gasteiger partial charge in [0.2, 0.25) is 0 Å². The molecular weight excluding hydrogens is 443 g/mol. The van der Waals surface area contributed by atoms with Crippen molar-refractivity contribution < 1.29 is 9.50 Å². The van der Waals surface area contributed by atoms with Gasteiger partial charge in [-0.1, -0.05) is 22.0 Å². The van der Waals surface area contributed by atoms with Gasteiger partial charge in [0.15, 0.2) is 0 Å². The van der Waals surface area contributed by atoms with Gasteiger partial charge in [0, 0.05) is 19.8 Å². The van der Waals surface area contributed by atoms with Crippen LogP contribution in [0.25, 0.3) is 0 Å². The number of aliphatic hydroxyl groups is 1. The standard InChI is InChI=1S/C14H10Br3FO/c15-11-4-2-10(18)5-9(11)7-14(19)8-1-3-12(16)13(17)6-8/h1-6,14,19H,7H2. The Morgan fingerprint density at radius 1 is 0.947 bits per heavy atom. The molecule has 100 valence electrons. The summed E-state index contributed by atoms with van der Waals surface area (Å²) in [5, 5.41) is 10.2. The van der Waals surface area contributed by atoms with Gasteiger partial charge in [0.05, 0.1) is 6.10 Å². The number of aliphatic hydroxyl groups excluding tert-OH is 1. The quantitative estimate of drug-likeness (QED) is 0.662. The molecule has 0 fully saturated rings. The van der Waals surface area contributed by atoms with Gasteiger partial charge in [-0.3, -0.25) is 0 Å². The minimum atomic E-state index is -0.678. The van der Waals surface area contributed by atoms with Crippen molar-refractivity contribution in [2.75, 3.05) is 0 Å². The number of halogens is 4. The van der Waals surface area contributed by atoms with E-state index in [2.05, 4.69) is 47.8 Å². The van der Waals surface area contributed by atoms with Crippen molar-refractivity contribution in [3.8, 4) is 0 Å². The zero-order chi connectivity index (χ0) is 14.0. The Kier molecular flexibility index (Phi) is 5.17. The third kappa shape index (κ3) is 3.88. The Morgan fingerprint density at radius 2 is 1.63 bits per heavy atom. The lowest BCUT2D eigenvalue weighted by Gasteiger charge is -2.13. The Bertz CT molecular complexity index is 601. The van der Waals surface area contributed by atoms with Crippen LogP contribution in [0.2, 0.25) is 0 Å². The molecule has 1 nitrogen and oxygen atoms in total. The molecule has 1 atom stereocenters. The average molecular weight is 453 g/mol. The first-order valence-corrected chi connectivity index (χ1v) is 7.92. The van der Waals surface area contributed by atoms with E-state index in [-0.39, 0.29) is 5.82 Å². The van der Waals surface area contributed by atoms with Crippen molar-refractivity contribution in [2.45, 2.75) is 12.5 Å². The van der Waals surface area contributed by atoms with E-state index in [9.17, 15) is 9.50 Å². The molecule has 0 bridgehead atoms. The van der Waals surface area contributed by atoms with E-state index in [1.54, 1.807) is 6.07 Å². The minimum Gasteiger partial charge on any atom is -0.388 e. The molecule has 0 heterocycles. The first-order valence-electron chi connectivity index (χ1n) is 5.54. The first kappa shape index (κ1) is 15.2. The summed E-state index contributed by atoms with van der Waals surface area (Å²) in [5.41, 5.74) is 1.53. The first-order chi connectivity index (χ1) is 8.97. The van der Waals surface area contributed by atoms with Crippen molar-refractivity contribution in [3.05, 3.63) is 66.8 Å². The summed E-state index contributed by atoms with van der Waals surface area (Å²) in [4.78, 5) is 0. The van der Waals surface area contributed by atoms with Gasteiger partial charge in [-0.2, -0.15) is 0 Å². The molecule has 2 aromatic carbocycles. The van der Waals surface area contributed by atoms with Crippen LogP contribution in [0, 0.1) is 5.82 Å². The third-order valence-corrected chi connectivity index (χ3v) is 5.40. The molecule has 0 saturated heterocycles. The second kappa shape index (κ2) is 6.48.